The second-order valence-electron chi connectivity index (χ2n) is 8.71. The maximum absolute atomic E-state index is 13.1. The first-order valence-electron chi connectivity index (χ1n) is 10.6. The van der Waals surface area contributed by atoms with Crippen molar-refractivity contribution < 1.29 is 22.4 Å². The van der Waals surface area contributed by atoms with E-state index in [1.165, 1.54) is 27.4 Å². The van der Waals surface area contributed by atoms with Gasteiger partial charge in [0.1, 0.15) is 12.4 Å². The quantitative estimate of drug-likeness (QED) is 0.719. The minimum Gasteiger partial charge on any atom is -0.350 e. The number of nitrogens with one attached hydrogen (secondary N) is 1. The van der Waals surface area contributed by atoms with E-state index < -0.39 is 15.4 Å². The molecule has 32 heavy (non-hydrogen) atoms. The van der Waals surface area contributed by atoms with Gasteiger partial charge in [0.25, 0.3) is 0 Å². The number of carbonyl (C=O) groups is 2. The van der Waals surface area contributed by atoms with E-state index in [4.69, 9.17) is 0 Å². The van der Waals surface area contributed by atoms with Crippen LogP contribution in [0, 0.1) is 5.82 Å². The van der Waals surface area contributed by atoms with Crippen molar-refractivity contribution >= 4 is 27.5 Å². The third-order valence-corrected chi connectivity index (χ3v) is 8.01. The summed E-state index contributed by atoms with van der Waals surface area (Å²) < 4.78 is 40.4. The molecule has 1 fully saturated rings. The van der Waals surface area contributed by atoms with Crippen molar-refractivity contribution in [1.82, 2.24) is 9.62 Å². The summed E-state index contributed by atoms with van der Waals surface area (Å²) >= 11 is 0. The first-order valence-corrected chi connectivity index (χ1v) is 12.0. The van der Waals surface area contributed by atoms with Gasteiger partial charge in [-0.2, -0.15) is 4.31 Å². The van der Waals surface area contributed by atoms with Gasteiger partial charge < -0.3 is 10.2 Å². The fourth-order valence-corrected chi connectivity index (χ4v) is 5.75. The summed E-state index contributed by atoms with van der Waals surface area (Å²) in [5.74, 6) is -0.979. The number of sulfonamides is 1. The summed E-state index contributed by atoms with van der Waals surface area (Å²) in [7, 11) is -3.61. The van der Waals surface area contributed by atoms with Gasteiger partial charge >= 0.3 is 0 Å². The highest BCUT2D eigenvalue weighted by Crippen LogP contribution is 2.42. The molecule has 0 spiro atoms. The number of hydrogen-bond donors (Lipinski definition) is 1. The van der Waals surface area contributed by atoms with Gasteiger partial charge in [-0.15, -0.1) is 0 Å². The molecule has 2 aromatic carbocycles. The van der Waals surface area contributed by atoms with E-state index in [1.54, 1.807) is 38.1 Å². The molecule has 9 heteroatoms. The van der Waals surface area contributed by atoms with Gasteiger partial charge in [-0.05, 0) is 68.1 Å². The SMILES string of the molecule is CC1(C)C(=O)N(CC(=O)NCc2ccc(F)cc2)c2ccc(S(=O)(=O)N3CCCC3)cc21. The highest BCUT2D eigenvalue weighted by atomic mass is 32.2. The largest absolute Gasteiger partial charge is 0.350 e. The molecule has 7 nitrogen and oxygen atoms in total. The Labute approximate surface area is 187 Å². The lowest BCUT2D eigenvalue weighted by molar-refractivity contribution is -0.125. The highest BCUT2D eigenvalue weighted by Gasteiger charge is 2.45. The van der Waals surface area contributed by atoms with Crippen LogP contribution >= 0.6 is 0 Å². The zero-order chi connectivity index (χ0) is 23.1. The zero-order valence-electron chi connectivity index (χ0n) is 18.1. The monoisotopic (exact) mass is 459 g/mol. The number of amides is 2. The van der Waals surface area contributed by atoms with Crippen molar-refractivity contribution in [3.05, 3.63) is 59.4 Å². The van der Waals surface area contributed by atoms with E-state index in [0.29, 0.717) is 24.3 Å². The predicted molar refractivity (Wildman–Crippen MR) is 118 cm³/mol. The molecule has 170 valence electrons. The molecular weight excluding hydrogens is 433 g/mol. The topological polar surface area (TPSA) is 86.8 Å². The number of fused-ring (bicyclic) bond motifs is 1. The van der Waals surface area contributed by atoms with Gasteiger partial charge in [0, 0.05) is 25.3 Å². The lowest BCUT2D eigenvalue weighted by Crippen LogP contribution is -2.42. The normalized spacial score (nSPS) is 18.1. The maximum Gasteiger partial charge on any atom is 0.243 e. The molecule has 0 atom stereocenters. The Bertz CT molecular complexity index is 1160. The number of anilines is 1. The Morgan fingerprint density at radius 2 is 1.75 bits per heavy atom. The van der Waals surface area contributed by atoms with E-state index >= 15 is 0 Å². The van der Waals surface area contributed by atoms with Crippen LogP contribution in [0.25, 0.3) is 0 Å². The van der Waals surface area contributed by atoms with Crippen LogP contribution in [0.5, 0.6) is 0 Å². The molecule has 0 aliphatic carbocycles. The van der Waals surface area contributed by atoms with Crippen molar-refractivity contribution in [1.29, 1.82) is 0 Å². The van der Waals surface area contributed by atoms with Crippen LogP contribution in [0.3, 0.4) is 0 Å². The summed E-state index contributed by atoms with van der Waals surface area (Å²) in [5.41, 5.74) is 0.916. The molecule has 2 heterocycles. The molecule has 0 radical (unpaired) electrons. The molecule has 2 aromatic rings. The van der Waals surface area contributed by atoms with Crippen LogP contribution in [0.2, 0.25) is 0 Å². The van der Waals surface area contributed by atoms with E-state index in [-0.39, 0.29) is 35.6 Å². The van der Waals surface area contributed by atoms with Crippen molar-refractivity contribution in [2.45, 2.75) is 43.5 Å². The number of hydrogen-bond acceptors (Lipinski definition) is 4. The van der Waals surface area contributed by atoms with E-state index in [2.05, 4.69) is 5.32 Å². The van der Waals surface area contributed by atoms with Gasteiger partial charge in [0.2, 0.25) is 21.8 Å². The Morgan fingerprint density at radius 1 is 1.09 bits per heavy atom. The number of nitrogens with zero attached hydrogens (tertiary/aromatic N) is 2. The van der Waals surface area contributed by atoms with Crippen LogP contribution < -0.4 is 10.2 Å². The minimum absolute atomic E-state index is 0.168. The summed E-state index contributed by atoms with van der Waals surface area (Å²) in [4.78, 5) is 27.2. The van der Waals surface area contributed by atoms with E-state index in [9.17, 15) is 22.4 Å². The average molecular weight is 460 g/mol. The summed E-state index contributed by atoms with van der Waals surface area (Å²) in [6.07, 6.45) is 1.68. The summed E-state index contributed by atoms with van der Waals surface area (Å²) in [5, 5.41) is 2.74. The Morgan fingerprint density at radius 3 is 2.41 bits per heavy atom. The first kappa shape index (κ1) is 22.4. The van der Waals surface area contributed by atoms with Crippen LogP contribution in [0.15, 0.2) is 47.4 Å². The lowest BCUT2D eigenvalue weighted by atomic mass is 9.86. The summed E-state index contributed by atoms with van der Waals surface area (Å²) in [6.45, 7) is 4.50. The Balaban J connectivity index is 1.53. The lowest BCUT2D eigenvalue weighted by Gasteiger charge is -2.20. The second kappa shape index (κ2) is 8.29. The minimum atomic E-state index is -3.61. The zero-order valence-corrected chi connectivity index (χ0v) is 18.9. The fraction of sp³-hybridized carbons (Fsp3) is 0.391. The number of carbonyl (C=O) groups excluding carboxylic acids is 2. The molecule has 2 amide bonds. The smallest absolute Gasteiger partial charge is 0.243 e. The third kappa shape index (κ3) is 4.02. The van der Waals surface area contributed by atoms with Gasteiger partial charge in [-0.1, -0.05) is 12.1 Å². The first-order chi connectivity index (χ1) is 15.1. The predicted octanol–water partition coefficient (Wildman–Crippen LogP) is 2.55. The van der Waals surface area contributed by atoms with Crippen LogP contribution in [0.1, 0.15) is 37.8 Å². The maximum atomic E-state index is 13.1. The third-order valence-electron chi connectivity index (χ3n) is 6.12. The average Bonchev–Trinajstić information content (AvgIpc) is 3.37. The van der Waals surface area contributed by atoms with Crippen molar-refractivity contribution in [3.63, 3.8) is 0 Å². The highest BCUT2D eigenvalue weighted by molar-refractivity contribution is 7.89. The number of halogens is 1. The van der Waals surface area contributed by atoms with E-state index in [0.717, 1.165) is 18.4 Å². The summed E-state index contributed by atoms with van der Waals surface area (Å²) in [6, 6.07) is 10.5. The molecule has 2 aliphatic heterocycles. The van der Waals surface area contributed by atoms with Gasteiger partial charge in [-0.25, -0.2) is 12.8 Å². The second-order valence-corrected chi connectivity index (χ2v) is 10.6. The van der Waals surface area contributed by atoms with Gasteiger partial charge in [0.15, 0.2) is 0 Å². The molecule has 0 aromatic heterocycles. The molecule has 1 saturated heterocycles. The molecule has 4 rings (SSSR count). The Kier molecular flexibility index (Phi) is 5.81. The Hall–Kier alpha value is -2.78. The van der Waals surface area contributed by atoms with Crippen LogP contribution in [-0.4, -0.2) is 44.2 Å². The van der Waals surface area contributed by atoms with Gasteiger partial charge in [-0.3, -0.25) is 9.59 Å². The molecule has 0 saturated carbocycles. The van der Waals surface area contributed by atoms with Crippen molar-refractivity contribution in [3.8, 4) is 0 Å². The molecule has 0 unspecified atom stereocenters. The molecular formula is C23H26FN3O4S. The number of rotatable bonds is 6. The molecule has 2 aliphatic rings. The fourth-order valence-electron chi connectivity index (χ4n) is 4.21. The van der Waals surface area contributed by atoms with Crippen molar-refractivity contribution in [2.24, 2.45) is 0 Å². The standard InChI is InChI=1S/C23H26FN3O4S/c1-23(2)19-13-18(32(30,31)26-11-3-4-12-26)9-10-20(19)27(22(23)29)15-21(28)25-14-16-5-7-17(24)8-6-16/h5-10,13H,3-4,11-12,14-15H2,1-2H3,(H,25,28). The van der Waals surface area contributed by atoms with Crippen molar-refractivity contribution in [2.75, 3.05) is 24.5 Å². The van der Waals surface area contributed by atoms with E-state index in [1.807, 2.05) is 0 Å². The molecule has 0 bridgehead atoms. The molecule has 1 N–H and O–H groups in total. The van der Waals surface area contributed by atoms with Gasteiger partial charge in [0.05, 0.1) is 10.3 Å². The van der Waals surface area contributed by atoms with Crippen LogP contribution in [-0.2, 0) is 31.6 Å². The number of benzene rings is 2. The van der Waals surface area contributed by atoms with Crippen LogP contribution in [0.4, 0.5) is 10.1 Å².